The van der Waals surface area contributed by atoms with Gasteiger partial charge in [0.05, 0.1) is 11.0 Å². The normalized spacial score (nSPS) is 15.6. The molecule has 0 saturated carbocycles. The van der Waals surface area contributed by atoms with Crippen molar-refractivity contribution in [3.8, 4) is 23.0 Å². The van der Waals surface area contributed by atoms with E-state index in [1.54, 1.807) is 0 Å². The number of hydrogen-bond donors (Lipinski definition) is 1. The number of nitro benzene ring substituents is 1. The number of carbonyl (C=O) groups excluding carboxylic acids is 1. The summed E-state index contributed by atoms with van der Waals surface area (Å²) >= 11 is 0. The summed E-state index contributed by atoms with van der Waals surface area (Å²) in [6.45, 7) is -0.117. The van der Waals surface area contributed by atoms with E-state index in [1.807, 2.05) is 0 Å². The minimum absolute atomic E-state index is 0.0852. The third-order valence-electron chi connectivity index (χ3n) is 3.59. The van der Waals surface area contributed by atoms with Gasteiger partial charge in [0.25, 0.3) is 11.6 Å². The fraction of sp³-hybridized carbons (Fsp3) is 0.133. The number of fused-ring (bicyclic) bond motifs is 2. The van der Waals surface area contributed by atoms with Crippen LogP contribution in [0.15, 0.2) is 30.3 Å². The van der Waals surface area contributed by atoms with Gasteiger partial charge in [-0.3, -0.25) is 14.9 Å². The van der Waals surface area contributed by atoms with E-state index in [0.29, 0.717) is 0 Å². The van der Waals surface area contributed by atoms with E-state index in [-0.39, 0.29) is 41.0 Å². The lowest BCUT2D eigenvalue weighted by Gasteiger charge is -2.07. The first-order chi connectivity index (χ1) is 12.3. The average molecular weight is 366 g/mol. The number of nitrogens with one attached hydrogen (secondary N) is 1. The van der Waals surface area contributed by atoms with Gasteiger partial charge in [0, 0.05) is 17.8 Å². The molecule has 0 saturated heterocycles. The predicted molar refractivity (Wildman–Crippen MR) is 79.8 cm³/mol. The first kappa shape index (κ1) is 15.9. The maximum atomic E-state index is 13.0. The largest absolute Gasteiger partial charge is 0.586 e. The van der Waals surface area contributed by atoms with Crippen LogP contribution in [-0.4, -0.2) is 23.9 Å². The third-order valence-corrected chi connectivity index (χ3v) is 3.59. The summed E-state index contributed by atoms with van der Waals surface area (Å²) in [5.74, 6) is -0.958. The highest BCUT2D eigenvalue weighted by Gasteiger charge is 2.43. The van der Waals surface area contributed by atoms with E-state index in [9.17, 15) is 23.7 Å². The van der Waals surface area contributed by atoms with Crippen LogP contribution in [0.1, 0.15) is 10.4 Å². The van der Waals surface area contributed by atoms with Gasteiger partial charge in [0.15, 0.2) is 23.0 Å². The molecule has 0 atom stereocenters. The van der Waals surface area contributed by atoms with Crippen molar-refractivity contribution in [1.29, 1.82) is 0 Å². The van der Waals surface area contributed by atoms with Crippen LogP contribution in [-0.2, 0) is 0 Å². The zero-order valence-corrected chi connectivity index (χ0v) is 12.7. The number of alkyl halides is 2. The number of anilines is 1. The lowest BCUT2D eigenvalue weighted by Crippen LogP contribution is -2.25. The molecule has 9 nitrogen and oxygen atoms in total. The summed E-state index contributed by atoms with van der Waals surface area (Å²) in [7, 11) is 0. The highest BCUT2D eigenvalue weighted by atomic mass is 19.3. The lowest BCUT2D eigenvalue weighted by atomic mass is 10.1. The second-order valence-corrected chi connectivity index (χ2v) is 5.26. The van der Waals surface area contributed by atoms with E-state index in [0.717, 1.165) is 12.1 Å². The van der Waals surface area contributed by atoms with Crippen molar-refractivity contribution in [2.45, 2.75) is 6.29 Å². The standard InChI is InChI=1S/C15H8F2N2O7/c16-15(17)25-10-2-1-7(3-13(10)26-15)18-14(20)8-4-11-12(24-6-23-11)5-9(8)19(21)22/h1-5H,6H2,(H,18,20). The molecule has 2 aliphatic heterocycles. The molecule has 0 unspecified atom stereocenters. The van der Waals surface area contributed by atoms with E-state index in [1.165, 1.54) is 18.2 Å². The van der Waals surface area contributed by atoms with Gasteiger partial charge in [-0.05, 0) is 12.1 Å². The second-order valence-electron chi connectivity index (χ2n) is 5.26. The summed E-state index contributed by atoms with van der Waals surface area (Å²) < 4.78 is 44.8. The first-order valence-electron chi connectivity index (χ1n) is 7.12. The van der Waals surface area contributed by atoms with Crippen molar-refractivity contribution in [3.05, 3.63) is 46.0 Å². The second kappa shape index (κ2) is 5.44. The predicted octanol–water partition coefficient (Wildman–Crippen LogP) is 2.90. The van der Waals surface area contributed by atoms with Crippen LogP contribution in [0, 0.1) is 10.1 Å². The Labute approximate surface area is 143 Å². The molecule has 2 aliphatic rings. The van der Waals surface area contributed by atoms with Gasteiger partial charge >= 0.3 is 6.29 Å². The Morgan fingerprint density at radius 2 is 1.77 bits per heavy atom. The SMILES string of the molecule is O=C(Nc1ccc2c(c1)OC(F)(F)O2)c1cc2c(cc1[N+](=O)[O-])OCO2. The number of nitrogens with zero attached hydrogens (tertiary/aromatic N) is 1. The molecule has 2 aromatic carbocycles. The van der Waals surface area contributed by atoms with E-state index < -0.39 is 22.8 Å². The molecule has 26 heavy (non-hydrogen) atoms. The summed E-state index contributed by atoms with van der Waals surface area (Å²) in [6, 6.07) is 5.85. The molecule has 0 bridgehead atoms. The van der Waals surface area contributed by atoms with Gasteiger partial charge in [-0.15, -0.1) is 8.78 Å². The summed E-state index contributed by atoms with van der Waals surface area (Å²) in [6.07, 6.45) is -3.79. The first-order valence-corrected chi connectivity index (χ1v) is 7.12. The van der Waals surface area contributed by atoms with Gasteiger partial charge < -0.3 is 24.3 Å². The number of benzene rings is 2. The molecule has 1 N–H and O–H groups in total. The Morgan fingerprint density at radius 1 is 1.08 bits per heavy atom. The molecule has 0 aromatic heterocycles. The van der Waals surface area contributed by atoms with E-state index in [4.69, 9.17) is 9.47 Å². The number of carbonyl (C=O) groups is 1. The summed E-state index contributed by atoms with van der Waals surface area (Å²) in [5, 5.41) is 13.6. The average Bonchev–Trinajstić information content (AvgIpc) is 3.14. The molecular weight excluding hydrogens is 358 g/mol. The highest BCUT2D eigenvalue weighted by molar-refractivity contribution is 6.07. The van der Waals surface area contributed by atoms with Gasteiger partial charge in [0.1, 0.15) is 5.56 Å². The van der Waals surface area contributed by atoms with Crippen molar-refractivity contribution < 1.29 is 37.4 Å². The highest BCUT2D eigenvalue weighted by Crippen LogP contribution is 2.42. The topological polar surface area (TPSA) is 109 Å². The Bertz CT molecular complexity index is 948. The number of hydrogen-bond acceptors (Lipinski definition) is 7. The zero-order valence-electron chi connectivity index (χ0n) is 12.7. The van der Waals surface area contributed by atoms with Gasteiger partial charge in [-0.2, -0.15) is 0 Å². The van der Waals surface area contributed by atoms with Crippen molar-refractivity contribution in [2.24, 2.45) is 0 Å². The van der Waals surface area contributed by atoms with E-state index >= 15 is 0 Å². The van der Waals surface area contributed by atoms with Crippen LogP contribution in [0.2, 0.25) is 0 Å². The number of rotatable bonds is 3. The van der Waals surface area contributed by atoms with Crippen LogP contribution in [0.5, 0.6) is 23.0 Å². The Kier molecular flexibility index (Phi) is 3.32. The Balaban J connectivity index is 1.63. The molecule has 134 valence electrons. The van der Waals surface area contributed by atoms with Crippen molar-refractivity contribution in [3.63, 3.8) is 0 Å². The van der Waals surface area contributed by atoms with Gasteiger partial charge in [-0.1, -0.05) is 0 Å². The molecule has 11 heteroatoms. The summed E-state index contributed by atoms with van der Waals surface area (Å²) in [4.78, 5) is 22.9. The molecule has 0 aliphatic carbocycles. The molecule has 2 heterocycles. The van der Waals surface area contributed by atoms with Crippen LogP contribution in [0.25, 0.3) is 0 Å². The van der Waals surface area contributed by atoms with E-state index in [2.05, 4.69) is 14.8 Å². The maximum absolute atomic E-state index is 13.0. The fourth-order valence-corrected chi connectivity index (χ4v) is 2.49. The van der Waals surface area contributed by atoms with Crippen LogP contribution < -0.4 is 24.3 Å². The number of nitro groups is 1. The molecular formula is C15H8F2N2O7. The number of ether oxygens (including phenoxy) is 4. The number of amides is 1. The fourth-order valence-electron chi connectivity index (χ4n) is 2.49. The van der Waals surface area contributed by atoms with Gasteiger partial charge in [0.2, 0.25) is 6.79 Å². The van der Waals surface area contributed by atoms with Gasteiger partial charge in [-0.25, -0.2) is 0 Å². The van der Waals surface area contributed by atoms with Crippen molar-refractivity contribution in [1.82, 2.24) is 0 Å². The zero-order chi connectivity index (χ0) is 18.5. The molecule has 1 amide bonds. The smallest absolute Gasteiger partial charge is 0.454 e. The van der Waals surface area contributed by atoms with Crippen LogP contribution >= 0.6 is 0 Å². The molecule has 0 radical (unpaired) electrons. The minimum atomic E-state index is -3.79. The van der Waals surface area contributed by atoms with Crippen LogP contribution in [0.3, 0.4) is 0 Å². The quantitative estimate of drug-likeness (QED) is 0.657. The third kappa shape index (κ3) is 2.68. The number of halogens is 2. The monoisotopic (exact) mass is 366 g/mol. The van der Waals surface area contributed by atoms with Crippen molar-refractivity contribution in [2.75, 3.05) is 12.1 Å². The molecule has 0 spiro atoms. The summed E-state index contributed by atoms with van der Waals surface area (Å²) in [5.41, 5.74) is -0.678. The van der Waals surface area contributed by atoms with Crippen LogP contribution in [0.4, 0.5) is 20.2 Å². The lowest BCUT2D eigenvalue weighted by molar-refractivity contribution is -0.385. The molecule has 4 rings (SSSR count). The minimum Gasteiger partial charge on any atom is -0.454 e. The van der Waals surface area contributed by atoms with Crippen molar-refractivity contribution >= 4 is 17.3 Å². The Hall–Kier alpha value is -3.63. The maximum Gasteiger partial charge on any atom is 0.586 e. The Morgan fingerprint density at radius 3 is 2.50 bits per heavy atom. The molecule has 2 aromatic rings. The molecule has 0 fully saturated rings.